The van der Waals surface area contributed by atoms with E-state index in [0.29, 0.717) is 0 Å². The monoisotopic (exact) mass is 375 g/mol. The number of nitrogens with one attached hydrogen (secondary N) is 1. The fourth-order valence-corrected chi connectivity index (χ4v) is 4.81. The highest BCUT2D eigenvalue weighted by Crippen LogP contribution is 2.30. The van der Waals surface area contributed by atoms with Crippen molar-refractivity contribution in [2.45, 2.75) is 30.8 Å². The molecule has 1 atom stereocenters. The lowest BCUT2D eigenvalue weighted by Gasteiger charge is -2.12. The SMILES string of the molecule is CCCc1ccc(S(=O)(=O)NCC(O)c2csc3ccccc23)cc1. The van der Waals surface area contributed by atoms with Crippen molar-refractivity contribution in [1.82, 2.24) is 4.72 Å². The number of thiophene rings is 1. The number of hydrogen-bond donors (Lipinski definition) is 2. The molecule has 0 radical (unpaired) electrons. The lowest BCUT2D eigenvalue weighted by Crippen LogP contribution is -2.28. The molecule has 0 saturated heterocycles. The van der Waals surface area contributed by atoms with Gasteiger partial charge < -0.3 is 5.11 Å². The number of benzene rings is 2. The van der Waals surface area contributed by atoms with Crippen LogP contribution in [0.15, 0.2) is 58.8 Å². The maximum Gasteiger partial charge on any atom is 0.240 e. The van der Waals surface area contributed by atoms with Crippen LogP contribution in [0.1, 0.15) is 30.6 Å². The summed E-state index contributed by atoms with van der Waals surface area (Å²) in [5.74, 6) is 0. The summed E-state index contributed by atoms with van der Waals surface area (Å²) in [7, 11) is -3.64. The average molecular weight is 376 g/mol. The predicted molar refractivity (Wildman–Crippen MR) is 102 cm³/mol. The molecule has 0 bridgehead atoms. The van der Waals surface area contributed by atoms with E-state index in [1.54, 1.807) is 23.5 Å². The minimum atomic E-state index is -3.64. The Morgan fingerprint density at radius 3 is 2.56 bits per heavy atom. The number of aryl methyl sites for hydroxylation is 1. The molecular weight excluding hydrogens is 354 g/mol. The molecule has 0 fully saturated rings. The Morgan fingerprint density at radius 1 is 1.12 bits per heavy atom. The number of hydrogen-bond acceptors (Lipinski definition) is 4. The molecule has 0 amide bonds. The highest BCUT2D eigenvalue weighted by molar-refractivity contribution is 7.89. The summed E-state index contributed by atoms with van der Waals surface area (Å²) in [5, 5.41) is 13.3. The summed E-state index contributed by atoms with van der Waals surface area (Å²) in [6.07, 6.45) is 1.06. The van der Waals surface area contributed by atoms with Crippen LogP contribution < -0.4 is 4.72 Å². The van der Waals surface area contributed by atoms with Gasteiger partial charge in [0.05, 0.1) is 11.0 Å². The van der Waals surface area contributed by atoms with Crippen LogP contribution in [-0.2, 0) is 16.4 Å². The van der Waals surface area contributed by atoms with Crippen molar-refractivity contribution >= 4 is 31.4 Å². The maximum atomic E-state index is 12.4. The summed E-state index contributed by atoms with van der Waals surface area (Å²) in [6.45, 7) is 2.03. The van der Waals surface area contributed by atoms with Gasteiger partial charge in [0, 0.05) is 16.8 Å². The normalized spacial score (nSPS) is 13.2. The Morgan fingerprint density at radius 2 is 1.84 bits per heavy atom. The fraction of sp³-hybridized carbons (Fsp3) is 0.263. The van der Waals surface area contributed by atoms with Crippen LogP contribution in [0.3, 0.4) is 0 Å². The average Bonchev–Trinajstić information content (AvgIpc) is 3.05. The third kappa shape index (κ3) is 4.10. The molecule has 1 unspecified atom stereocenters. The lowest BCUT2D eigenvalue weighted by molar-refractivity contribution is 0.184. The molecular formula is C19H21NO3S2. The van der Waals surface area contributed by atoms with Crippen LogP contribution in [-0.4, -0.2) is 20.1 Å². The first kappa shape index (κ1) is 18.1. The van der Waals surface area contributed by atoms with Crippen molar-refractivity contribution < 1.29 is 13.5 Å². The number of fused-ring (bicyclic) bond motifs is 1. The van der Waals surface area contributed by atoms with Crippen LogP contribution in [0.25, 0.3) is 10.1 Å². The van der Waals surface area contributed by atoms with Gasteiger partial charge in [-0.05, 0) is 40.9 Å². The molecule has 0 spiro atoms. The fourth-order valence-electron chi connectivity index (χ4n) is 2.76. The number of aliphatic hydroxyl groups is 1. The van der Waals surface area contributed by atoms with Gasteiger partial charge in [-0.15, -0.1) is 11.3 Å². The first-order valence-corrected chi connectivity index (χ1v) is 10.6. The van der Waals surface area contributed by atoms with Crippen molar-refractivity contribution in [2.75, 3.05) is 6.54 Å². The second kappa shape index (κ2) is 7.66. The molecule has 0 aliphatic rings. The standard InChI is InChI=1S/C19H21NO3S2/c1-2-5-14-8-10-15(11-9-14)25(22,23)20-12-18(21)17-13-24-19-7-4-3-6-16(17)19/h3-4,6-11,13,18,20-21H,2,5,12H2,1H3. The van der Waals surface area contributed by atoms with Crippen LogP contribution in [0.2, 0.25) is 0 Å². The Kier molecular flexibility index (Phi) is 5.54. The Bertz CT molecular complexity index is 946. The quantitative estimate of drug-likeness (QED) is 0.659. The van der Waals surface area contributed by atoms with Gasteiger partial charge >= 0.3 is 0 Å². The van der Waals surface area contributed by atoms with Gasteiger partial charge in [0.2, 0.25) is 10.0 Å². The smallest absolute Gasteiger partial charge is 0.240 e. The van der Waals surface area contributed by atoms with Crippen molar-refractivity contribution in [3.8, 4) is 0 Å². The molecule has 0 aliphatic heterocycles. The van der Waals surface area contributed by atoms with Crippen molar-refractivity contribution in [3.63, 3.8) is 0 Å². The molecule has 25 heavy (non-hydrogen) atoms. The van der Waals surface area contributed by atoms with E-state index in [2.05, 4.69) is 11.6 Å². The van der Waals surface area contributed by atoms with Crippen molar-refractivity contribution in [1.29, 1.82) is 0 Å². The van der Waals surface area contributed by atoms with Crippen LogP contribution in [0, 0.1) is 0 Å². The predicted octanol–water partition coefficient (Wildman–Crippen LogP) is 3.87. The number of sulfonamides is 1. The minimum Gasteiger partial charge on any atom is -0.387 e. The van der Waals surface area contributed by atoms with Crippen LogP contribution in [0.4, 0.5) is 0 Å². The third-order valence-electron chi connectivity index (χ3n) is 4.11. The van der Waals surface area contributed by atoms with Crippen molar-refractivity contribution in [3.05, 3.63) is 65.0 Å². The van der Waals surface area contributed by atoms with E-state index >= 15 is 0 Å². The van der Waals surface area contributed by atoms with Crippen LogP contribution in [0.5, 0.6) is 0 Å². The summed E-state index contributed by atoms with van der Waals surface area (Å²) < 4.78 is 28.4. The van der Waals surface area contributed by atoms with Gasteiger partial charge in [-0.25, -0.2) is 13.1 Å². The Labute approximate surface area is 152 Å². The molecule has 132 valence electrons. The van der Waals surface area contributed by atoms with E-state index < -0.39 is 16.1 Å². The van der Waals surface area contributed by atoms with Gasteiger partial charge in [0.1, 0.15) is 0 Å². The molecule has 1 aromatic heterocycles. The number of aliphatic hydroxyl groups excluding tert-OH is 1. The molecule has 3 rings (SSSR count). The minimum absolute atomic E-state index is 0.0558. The molecule has 2 aromatic carbocycles. The second-order valence-electron chi connectivity index (χ2n) is 5.95. The summed E-state index contributed by atoms with van der Waals surface area (Å²) >= 11 is 1.54. The first-order chi connectivity index (χ1) is 12.0. The Balaban J connectivity index is 1.71. The van der Waals surface area contributed by atoms with Gasteiger partial charge in [0.15, 0.2) is 0 Å². The molecule has 1 heterocycles. The topological polar surface area (TPSA) is 66.4 Å². The van der Waals surface area contributed by atoms with Gasteiger partial charge in [0.25, 0.3) is 0 Å². The van der Waals surface area contributed by atoms with Gasteiger partial charge in [-0.3, -0.25) is 0 Å². The van der Waals surface area contributed by atoms with E-state index in [1.807, 2.05) is 41.8 Å². The summed E-state index contributed by atoms with van der Waals surface area (Å²) in [4.78, 5) is 0.217. The largest absolute Gasteiger partial charge is 0.387 e. The molecule has 3 aromatic rings. The van der Waals surface area contributed by atoms with E-state index in [1.165, 1.54) is 0 Å². The van der Waals surface area contributed by atoms with E-state index in [4.69, 9.17) is 0 Å². The second-order valence-corrected chi connectivity index (χ2v) is 8.63. The maximum absolute atomic E-state index is 12.4. The summed E-state index contributed by atoms with van der Waals surface area (Å²) in [5.41, 5.74) is 1.87. The molecule has 6 heteroatoms. The van der Waals surface area contributed by atoms with E-state index in [-0.39, 0.29) is 11.4 Å². The molecule has 0 saturated carbocycles. The van der Waals surface area contributed by atoms with E-state index in [9.17, 15) is 13.5 Å². The van der Waals surface area contributed by atoms with E-state index in [0.717, 1.165) is 34.1 Å². The molecule has 2 N–H and O–H groups in total. The van der Waals surface area contributed by atoms with Crippen molar-refractivity contribution in [2.24, 2.45) is 0 Å². The summed E-state index contributed by atoms with van der Waals surface area (Å²) in [6, 6.07) is 14.7. The molecule has 4 nitrogen and oxygen atoms in total. The third-order valence-corrected chi connectivity index (χ3v) is 6.53. The zero-order valence-electron chi connectivity index (χ0n) is 14.0. The highest BCUT2D eigenvalue weighted by atomic mass is 32.2. The van der Waals surface area contributed by atoms with Crippen LogP contribution >= 0.6 is 11.3 Å². The van der Waals surface area contributed by atoms with Gasteiger partial charge in [-0.1, -0.05) is 43.7 Å². The Hall–Kier alpha value is -1.73. The molecule has 0 aliphatic carbocycles. The first-order valence-electron chi connectivity index (χ1n) is 8.24. The highest BCUT2D eigenvalue weighted by Gasteiger charge is 2.18. The lowest BCUT2D eigenvalue weighted by atomic mass is 10.1. The van der Waals surface area contributed by atoms with Gasteiger partial charge in [-0.2, -0.15) is 0 Å². The zero-order chi connectivity index (χ0) is 17.9. The zero-order valence-corrected chi connectivity index (χ0v) is 15.6. The number of rotatable bonds is 7.